The molecule has 1 aromatic rings. The lowest BCUT2D eigenvalue weighted by atomic mass is 9.87. The van der Waals surface area contributed by atoms with Crippen molar-refractivity contribution in [3.8, 4) is 11.5 Å². The predicted octanol–water partition coefficient (Wildman–Crippen LogP) is 2.04. The average Bonchev–Trinajstić information content (AvgIpc) is 2.41. The van der Waals surface area contributed by atoms with Gasteiger partial charge in [0.25, 0.3) is 0 Å². The monoisotopic (exact) mass is 265 g/mol. The van der Waals surface area contributed by atoms with E-state index < -0.39 is 0 Å². The van der Waals surface area contributed by atoms with E-state index in [1.807, 2.05) is 12.1 Å². The first-order valence-electron chi connectivity index (χ1n) is 6.93. The van der Waals surface area contributed by atoms with E-state index in [4.69, 9.17) is 4.74 Å². The highest BCUT2D eigenvalue weighted by molar-refractivity contribution is 5.41. The summed E-state index contributed by atoms with van der Waals surface area (Å²) in [6.45, 7) is 1.68. The van der Waals surface area contributed by atoms with Crippen molar-refractivity contribution in [1.29, 1.82) is 0 Å². The topological polar surface area (TPSA) is 61.7 Å². The van der Waals surface area contributed by atoms with Crippen LogP contribution >= 0.6 is 0 Å². The van der Waals surface area contributed by atoms with Crippen molar-refractivity contribution in [2.75, 3.05) is 13.7 Å². The zero-order valence-electron chi connectivity index (χ0n) is 11.4. The lowest BCUT2D eigenvalue weighted by Crippen LogP contribution is -2.28. The molecule has 0 bridgehead atoms. The van der Waals surface area contributed by atoms with Gasteiger partial charge in [0.05, 0.1) is 13.2 Å². The number of aromatic hydroxyl groups is 1. The van der Waals surface area contributed by atoms with Crippen LogP contribution in [0, 0.1) is 5.92 Å². The first-order valence-corrected chi connectivity index (χ1v) is 6.93. The summed E-state index contributed by atoms with van der Waals surface area (Å²) in [6.07, 6.45) is 4.07. The third kappa shape index (κ3) is 4.11. The van der Waals surface area contributed by atoms with Gasteiger partial charge >= 0.3 is 0 Å². The van der Waals surface area contributed by atoms with Gasteiger partial charge in [-0.3, -0.25) is 0 Å². The number of methoxy groups -OCH3 is 1. The molecule has 3 N–H and O–H groups in total. The number of phenols is 1. The van der Waals surface area contributed by atoms with E-state index in [1.165, 1.54) is 6.42 Å². The number of aliphatic hydroxyl groups is 1. The zero-order valence-corrected chi connectivity index (χ0v) is 11.4. The van der Waals surface area contributed by atoms with Gasteiger partial charge in [0.1, 0.15) is 0 Å². The molecule has 2 atom stereocenters. The first kappa shape index (κ1) is 14.2. The van der Waals surface area contributed by atoms with Gasteiger partial charge in [0.15, 0.2) is 11.5 Å². The van der Waals surface area contributed by atoms with Gasteiger partial charge in [-0.15, -0.1) is 0 Å². The molecule has 2 unspecified atom stereocenters. The van der Waals surface area contributed by atoms with Gasteiger partial charge in [-0.2, -0.15) is 0 Å². The Balaban J connectivity index is 1.79. The highest BCUT2D eigenvalue weighted by Gasteiger charge is 2.19. The van der Waals surface area contributed by atoms with Crippen LogP contribution < -0.4 is 10.1 Å². The number of hydrogen-bond donors (Lipinski definition) is 3. The molecule has 0 aromatic heterocycles. The SMILES string of the molecule is COc1cc(CNCC2CCCC(O)C2)ccc1O. The Kier molecular flexibility index (Phi) is 5.05. The molecule has 1 aliphatic rings. The molecule has 2 rings (SSSR count). The molecule has 0 amide bonds. The smallest absolute Gasteiger partial charge is 0.160 e. The van der Waals surface area contributed by atoms with Crippen LogP contribution in [0.15, 0.2) is 18.2 Å². The first-order chi connectivity index (χ1) is 9.19. The Morgan fingerprint density at radius 2 is 2.21 bits per heavy atom. The molecule has 0 aliphatic heterocycles. The average molecular weight is 265 g/mol. The number of nitrogens with one attached hydrogen (secondary N) is 1. The summed E-state index contributed by atoms with van der Waals surface area (Å²) in [7, 11) is 1.55. The van der Waals surface area contributed by atoms with E-state index in [0.29, 0.717) is 11.7 Å². The van der Waals surface area contributed by atoms with Crippen LogP contribution in [-0.2, 0) is 6.54 Å². The predicted molar refractivity (Wildman–Crippen MR) is 74.3 cm³/mol. The van der Waals surface area contributed by atoms with E-state index in [2.05, 4.69) is 5.32 Å². The molecule has 0 saturated heterocycles. The molecule has 1 aliphatic carbocycles. The summed E-state index contributed by atoms with van der Waals surface area (Å²) >= 11 is 0. The maximum Gasteiger partial charge on any atom is 0.160 e. The number of benzene rings is 1. The van der Waals surface area contributed by atoms with E-state index >= 15 is 0 Å². The third-order valence-electron chi connectivity index (χ3n) is 3.76. The minimum Gasteiger partial charge on any atom is -0.504 e. The molecule has 1 aromatic carbocycles. The zero-order chi connectivity index (χ0) is 13.7. The maximum atomic E-state index is 9.62. The fraction of sp³-hybridized carbons (Fsp3) is 0.600. The van der Waals surface area contributed by atoms with Crippen molar-refractivity contribution in [1.82, 2.24) is 5.32 Å². The Morgan fingerprint density at radius 3 is 2.95 bits per heavy atom. The molecular weight excluding hydrogens is 242 g/mol. The maximum absolute atomic E-state index is 9.62. The summed E-state index contributed by atoms with van der Waals surface area (Å²) in [5.41, 5.74) is 1.09. The second-order valence-electron chi connectivity index (χ2n) is 5.32. The van der Waals surface area contributed by atoms with Crippen LogP contribution in [0.2, 0.25) is 0 Å². The lowest BCUT2D eigenvalue weighted by molar-refractivity contribution is 0.101. The van der Waals surface area contributed by atoms with Crippen molar-refractivity contribution >= 4 is 0 Å². The Bertz CT molecular complexity index is 408. The fourth-order valence-electron chi connectivity index (χ4n) is 2.70. The number of rotatable bonds is 5. The summed E-state index contributed by atoms with van der Waals surface area (Å²) in [5.74, 6) is 1.25. The highest BCUT2D eigenvalue weighted by atomic mass is 16.5. The standard InChI is InChI=1S/C15H23NO3/c1-19-15-8-12(5-6-14(15)18)10-16-9-11-3-2-4-13(17)7-11/h5-6,8,11,13,16-18H,2-4,7,9-10H2,1H3. The Labute approximate surface area is 114 Å². The molecule has 0 radical (unpaired) electrons. The molecule has 106 valence electrons. The van der Waals surface area contributed by atoms with Crippen LogP contribution in [0.4, 0.5) is 0 Å². The summed E-state index contributed by atoms with van der Waals surface area (Å²) in [6, 6.07) is 5.39. The quantitative estimate of drug-likeness (QED) is 0.762. The Morgan fingerprint density at radius 1 is 1.37 bits per heavy atom. The molecule has 4 heteroatoms. The summed E-state index contributed by atoms with van der Waals surface area (Å²) in [4.78, 5) is 0. The summed E-state index contributed by atoms with van der Waals surface area (Å²) < 4.78 is 5.09. The van der Waals surface area contributed by atoms with Crippen LogP contribution in [0.3, 0.4) is 0 Å². The van der Waals surface area contributed by atoms with Crippen molar-refractivity contribution < 1.29 is 14.9 Å². The van der Waals surface area contributed by atoms with Crippen molar-refractivity contribution in [3.05, 3.63) is 23.8 Å². The fourth-order valence-corrected chi connectivity index (χ4v) is 2.70. The van der Waals surface area contributed by atoms with Crippen LogP contribution in [-0.4, -0.2) is 30.0 Å². The normalized spacial score (nSPS) is 23.3. The highest BCUT2D eigenvalue weighted by Crippen LogP contribution is 2.26. The van der Waals surface area contributed by atoms with E-state index in [1.54, 1.807) is 13.2 Å². The molecule has 0 heterocycles. The second kappa shape index (κ2) is 6.78. The summed E-state index contributed by atoms with van der Waals surface area (Å²) in [5, 5.41) is 22.6. The van der Waals surface area contributed by atoms with Gasteiger partial charge < -0.3 is 20.3 Å². The van der Waals surface area contributed by atoms with Crippen molar-refractivity contribution in [2.24, 2.45) is 5.92 Å². The third-order valence-corrected chi connectivity index (χ3v) is 3.76. The van der Waals surface area contributed by atoms with Gasteiger partial charge in [-0.25, -0.2) is 0 Å². The molecule has 4 nitrogen and oxygen atoms in total. The van der Waals surface area contributed by atoms with E-state index in [9.17, 15) is 10.2 Å². The number of phenolic OH excluding ortho intramolecular Hbond substituents is 1. The van der Waals surface area contributed by atoms with Gasteiger partial charge in [0, 0.05) is 6.54 Å². The molecule has 1 saturated carbocycles. The molecule has 0 spiro atoms. The van der Waals surface area contributed by atoms with Crippen molar-refractivity contribution in [2.45, 2.75) is 38.3 Å². The van der Waals surface area contributed by atoms with Crippen LogP contribution in [0.25, 0.3) is 0 Å². The van der Waals surface area contributed by atoms with E-state index in [0.717, 1.165) is 37.9 Å². The van der Waals surface area contributed by atoms with Gasteiger partial charge in [-0.1, -0.05) is 12.5 Å². The van der Waals surface area contributed by atoms with Gasteiger partial charge in [0.2, 0.25) is 0 Å². The Hall–Kier alpha value is -1.26. The second-order valence-corrected chi connectivity index (χ2v) is 5.32. The lowest BCUT2D eigenvalue weighted by Gasteiger charge is -2.26. The number of hydrogen-bond acceptors (Lipinski definition) is 4. The van der Waals surface area contributed by atoms with E-state index in [-0.39, 0.29) is 11.9 Å². The number of ether oxygens (including phenoxy) is 1. The molecule has 1 fully saturated rings. The molecular formula is C15H23NO3. The minimum absolute atomic E-state index is 0.116. The largest absolute Gasteiger partial charge is 0.504 e. The molecule has 19 heavy (non-hydrogen) atoms. The van der Waals surface area contributed by atoms with Crippen LogP contribution in [0.5, 0.6) is 11.5 Å². The van der Waals surface area contributed by atoms with Crippen molar-refractivity contribution in [3.63, 3.8) is 0 Å². The van der Waals surface area contributed by atoms with Crippen LogP contribution in [0.1, 0.15) is 31.2 Å². The number of aliphatic hydroxyl groups excluding tert-OH is 1. The van der Waals surface area contributed by atoms with Gasteiger partial charge in [-0.05, 0) is 49.4 Å². The minimum atomic E-state index is -0.116.